The van der Waals surface area contributed by atoms with Crippen LogP contribution in [0.25, 0.3) is 0 Å². The lowest BCUT2D eigenvalue weighted by molar-refractivity contribution is 0.0955. The van der Waals surface area contributed by atoms with Gasteiger partial charge in [0.05, 0.1) is 32.2 Å². The van der Waals surface area contributed by atoms with E-state index in [-0.39, 0.29) is 0 Å². The molecule has 9 nitrogen and oxygen atoms in total. The van der Waals surface area contributed by atoms with Gasteiger partial charge in [0.25, 0.3) is 5.91 Å². The summed E-state index contributed by atoms with van der Waals surface area (Å²) >= 11 is 0. The summed E-state index contributed by atoms with van der Waals surface area (Å²) in [5, 5.41) is 12.1. The number of hydrazone groups is 1. The number of halogens is 1. The highest BCUT2D eigenvalue weighted by atomic mass is 19.1. The Labute approximate surface area is 178 Å². The van der Waals surface area contributed by atoms with Crippen molar-refractivity contribution in [3.8, 4) is 0 Å². The maximum absolute atomic E-state index is 12.9. The number of amides is 1. The zero-order valence-electron chi connectivity index (χ0n) is 17.0. The van der Waals surface area contributed by atoms with Gasteiger partial charge in [-0.1, -0.05) is 5.21 Å². The first-order valence-electron chi connectivity index (χ1n) is 9.86. The molecule has 0 saturated carbocycles. The van der Waals surface area contributed by atoms with Crippen molar-refractivity contribution in [3.63, 3.8) is 0 Å². The highest BCUT2D eigenvalue weighted by Crippen LogP contribution is 2.21. The Morgan fingerprint density at radius 2 is 2.06 bits per heavy atom. The molecule has 1 N–H and O–H groups in total. The van der Waals surface area contributed by atoms with Gasteiger partial charge < -0.3 is 9.64 Å². The molecule has 0 bridgehead atoms. The topological polar surface area (TPSA) is 97.5 Å². The zero-order chi connectivity index (χ0) is 21.6. The lowest BCUT2D eigenvalue weighted by Gasteiger charge is -2.29. The largest absolute Gasteiger partial charge is 0.378 e. The van der Waals surface area contributed by atoms with E-state index in [2.05, 4.69) is 36.8 Å². The Hall–Kier alpha value is -3.66. The number of aromatic nitrogens is 4. The predicted molar refractivity (Wildman–Crippen MR) is 113 cm³/mol. The van der Waals surface area contributed by atoms with Crippen LogP contribution in [0.2, 0.25) is 0 Å². The molecule has 1 amide bonds. The Morgan fingerprint density at radius 1 is 1.29 bits per heavy atom. The molecule has 0 atom stereocenters. The number of carbonyl (C=O) groups excluding carboxylic acids is 1. The zero-order valence-corrected chi connectivity index (χ0v) is 17.0. The smallest absolute Gasteiger partial charge is 0.271 e. The molecular formula is C21H22FN7O2. The maximum Gasteiger partial charge on any atom is 0.271 e. The molecule has 1 saturated heterocycles. The summed E-state index contributed by atoms with van der Waals surface area (Å²) in [4.78, 5) is 18.8. The SMILES string of the molecule is Cc1cnc(N2CCOCC2)c(Cn2cc(/C=N/NC(=O)c3ccc(F)cc3)nn2)c1. The minimum Gasteiger partial charge on any atom is -0.378 e. The molecule has 0 aliphatic carbocycles. The van der Waals surface area contributed by atoms with E-state index in [1.54, 1.807) is 10.9 Å². The van der Waals surface area contributed by atoms with Crippen molar-refractivity contribution in [3.05, 3.63) is 70.9 Å². The quantitative estimate of drug-likeness (QED) is 0.479. The van der Waals surface area contributed by atoms with Crippen molar-refractivity contribution < 1.29 is 13.9 Å². The molecule has 160 valence electrons. The number of morpholine rings is 1. The molecule has 0 unspecified atom stereocenters. The van der Waals surface area contributed by atoms with Crippen molar-refractivity contribution in [2.24, 2.45) is 5.10 Å². The van der Waals surface area contributed by atoms with Crippen LogP contribution in [0.4, 0.5) is 10.2 Å². The van der Waals surface area contributed by atoms with E-state index in [1.807, 2.05) is 13.1 Å². The fraction of sp³-hybridized carbons (Fsp3) is 0.286. The van der Waals surface area contributed by atoms with Crippen LogP contribution < -0.4 is 10.3 Å². The highest BCUT2D eigenvalue weighted by Gasteiger charge is 2.17. The van der Waals surface area contributed by atoms with Crippen molar-refractivity contribution in [2.75, 3.05) is 31.2 Å². The van der Waals surface area contributed by atoms with Crippen LogP contribution in [-0.2, 0) is 11.3 Å². The van der Waals surface area contributed by atoms with Gasteiger partial charge in [-0.25, -0.2) is 19.5 Å². The van der Waals surface area contributed by atoms with E-state index in [1.165, 1.54) is 30.5 Å². The Morgan fingerprint density at radius 3 is 2.84 bits per heavy atom. The van der Waals surface area contributed by atoms with Gasteiger partial charge in [0.2, 0.25) is 0 Å². The van der Waals surface area contributed by atoms with Gasteiger partial charge in [0.1, 0.15) is 17.3 Å². The summed E-state index contributed by atoms with van der Waals surface area (Å²) in [7, 11) is 0. The molecule has 1 aromatic carbocycles. The molecule has 2 aromatic heterocycles. The first-order chi connectivity index (χ1) is 15.1. The second-order valence-electron chi connectivity index (χ2n) is 7.14. The summed E-state index contributed by atoms with van der Waals surface area (Å²) in [5.74, 6) is 0.0769. The molecular weight excluding hydrogens is 401 g/mol. The van der Waals surface area contributed by atoms with Crippen LogP contribution in [-0.4, -0.2) is 58.4 Å². The van der Waals surface area contributed by atoms with E-state index in [0.29, 0.717) is 31.0 Å². The molecule has 31 heavy (non-hydrogen) atoms. The first-order valence-corrected chi connectivity index (χ1v) is 9.86. The van der Waals surface area contributed by atoms with Crippen LogP contribution in [0.1, 0.15) is 27.2 Å². The van der Waals surface area contributed by atoms with Crippen LogP contribution in [0.3, 0.4) is 0 Å². The third-order valence-corrected chi connectivity index (χ3v) is 4.75. The average Bonchev–Trinajstić information content (AvgIpc) is 3.22. The summed E-state index contributed by atoms with van der Waals surface area (Å²) < 4.78 is 20.1. The molecule has 4 rings (SSSR count). The van der Waals surface area contributed by atoms with Crippen LogP contribution in [0, 0.1) is 12.7 Å². The second-order valence-corrected chi connectivity index (χ2v) is 7.14. The third kappa shape index (κ3) is 5.28. The summed E-state index contributed by atoms with van der Waals surface area (Å²) in [6.07, 6.45) is 5.00. The van der Waals surface area contributed by atoms with Crippen LogP contribution >= 0.6 is 0 Å². The molecule has 1 aliphatic rings. The number of pyridine rings is 1. The Kier molecular flexibility index (Phi) is 6.27. The average molecular weight is 423 g/mol. The number of ether oxygens (including phenoxy) is 1. The minimum absolute atomic E-state index is 0.310. The van der Waals surface area contributed by atoms with E-state index >= 15 is 0 Å². The van der Waals surface area contributed by atoms with Gasteiger partial charge in [0.15, 0.2) is 0 Å². The lowest BCUT2D eigenvalue weighted by atomic mass is 10.2. The van der Waals surface area contributed by atoms with Crippen LogP contribution in [0.5, 0.6) is 0 Å². The van der Waals surface area contributed by atoms with Gasteiger partial charge >= 0.3 is 0 Å². The van der Waals surface area contributed by atoms with Crippen molar-refractivity contribution >= 4 is 17.9 Å². The van der Waals surface area contributed by atoms with E-state index in [4.69, 9.17) is 4.74 Å². The van der Waals surface area contributed by atoms with Crippen molar-refractivity contribution in [1.29, 1.82) is 0 Å². The fourth-order valence-corrected chi connectivity index (χ4v) is 3.25. The number of hydrogen-bond donors (Lipinski definition) is 1. The summed E-state index contributed by atoms with van der Waals surface area (Å²) in [6, 6.07) is 7.30. The van der Waals surface area contributed by atoms with Gasteiger partial charge in [-0.3, -0.25) is 4.79 Å². The van der Waals surface area contributed by atoms with Crippen molar-refractivity contribution in [2.45, 2.75) is 13.5 Å². The normalized spacial score (nSPS) is 14.2. The molecule has 3 heterocycles. The lowest BCUT2D eigenvalue weighted by Crippen LogP contribution is -2.37. The van der Waals surface area contributed by atoms with E-state index < -0.39 is 11.7 Å². The minimum atomic E-state index is -0.440. The van der Waals surface area contributed by atoms with Gasteiger partial charge in [-0.15, -0.1) is 5.10 Å². The third-order valence-electron chi connectivity index (χ3n) is 4.75. The fourth-order valence-electron chi connectivity index (χ4n) is 3.25. The number of benzene rings is 1. The predicted octanol–water partition coefficient (Wildman–Crippen LogP) is 1.77. The first kappa shape index (κ1) is 20.6. The molecule has 1 aliphatic heterocycles. The molecule has 3 aromatic rings. The van der Waals surface area contributed by atoms with E-state index in [0.717, 1.165) is 30.0 Å². The highest BCUT2D eigenvalue weighted by molar-refractivity contribution is 5.94. The second kappa shape index (κ2) is 9.43. The van der Waals surface area contributed by atoms with Gasteiger partial charge in [-0.05, 0) is 42.8 Å². The number of nitrogens with one attached hydrogen (secondary N) is 1. The van der Waals surface area contributed by atoms with E-state index in [9.17, 15) is 9.18 Å². The molecule has 1 fully saturated rings. The maximum atomic E-state index is 12.9. The molecule has 0 radical (unpaired) electrons. The summed E-state index contributed by atoms with van der Waals surface area (Å²) in [5.41, 5.74) is 5.30. The standard InChI is InChI=1S/C21H22FN7O2/c1-15-10-17(20(23-11-15)28-6-8-31-9-7-28)13-29-14-19(25-27-29)12-24-26-21(30)16-2-4-18(22)5-3-16/h2-5,10-12,14H,6-9,13H2,1H3,(H,26,30)/b24-12+. The number of carbonyl (C=O) groups is 1. The number of anilines is 1. The van der Waals surface area contributed by atoms with Crippen molar-refractivity contribution in [1.82, 2.24) is 25.4 Å². The van der Waals surface area contributed by atoms with Crippen LogP contribution in [0.15, 0.2) is 47.8 Å². The molecule has 10 heteroatoms. The monoisotopic (exact) mass is 423 g/mol. The Balaban J connectivity index is 1.41. The van der Waals surface area contributed by atoms with Gasteiger partial charge in [-0.2, -0.15) is 5.10 Å². The number of rotatable bonds is 6. The number of aryl methyl sites for hydroxylation is 1. The summed E-state index contributed by atoms with van der Waals surface area (Å²) in [6.45, 7) is 5.47. The Bertz CT molecular complexity index is 1080. The molecule has 0 spiro atoms. The number of nitrogens with zero attached hydrogens (tertiary/aromatic N) is 6. The number of hydrogen-bond acceptors (Lipinski definition) is 7. The van der Waals surface area contributed by atoms with Gasteiger partial charge in [0, 0.05) is 30.4 Å².